The Morgan fingerprint density at radius 1 is 1.15 bits per heavy atom. The van der Waals surface area contributed by atoms with Crippen molar-refractivity contribution in [1.29, 1.82) is 0 Å². The van der Waals surface area contributed by atoms with Crippen LogP contribution in [0.5, 0.6) is 0 Å². The quantitative estimate of drug-likeness (QED) is 0.764. The summed E-state index contributed by atoms with van der Waals surface area (Å²) in [5.74, 6) is 0.682. The van der Waals surface area contributed by atoms with Crippen LogP contribution in [-0.4, -0.2) is 48.6 Å². The number of hydrogen-bond donors (Lipinski definition) is 0. The standard InChI is InChI=1S/C17H23BrN2/c1-3-15-17(13-6-8-14(18)9-7-13)16-12-19(2)10-4-5-11-20(15)16/h4-9,15-17H,3,10-12H2,1-2H3/b5-4-/t15-,16+,17+/m1/s1. The van der Waals surface area contributed by atoms with Crippen LogP contribution in [0.4, 0.5) is 0 Å². The van der Waals surface area contributed by atoms with Gasteiger partial charge in [0.2, 0.25) is 0 Å². The first-order valence-electron chi connectivity index (χ1n) is 7.55. The van der Waals surface area contributed by atoms with Gasteiger partial charge in [-0.1, -0.05) is 47.1 Å². The predicted octanol–water partition coefficient (Wildman–Crippen LogP) is 3.50. The van der Waals surface area contributed by atoms with Gasteiger partial charge < -0.3 is 4.90 Å². The van der Waals surface area contributed by atoms with Gasteiger partial charge >= 0.3 is 0 Å². The first kappa shape index (κ1) is 14.3. The van der Waals surface area contributed by atoms with Crippen LogP contribution < -0.4 is 0 Å². The molecule has 2 heterocycles. The lowest BCUT2D eigenvalue weighted by atomic mass is 9.73. The Hall–Kier alpha value is -0.640. The monoisotopic (exact) mass is 334 g/mol. The third-order valence-electron chi connectivity index (χ3n) is 4.75. The molecule has 0 radical (unpaired) electrons. The topological polar surface area (TPSA) is 6.48 Å². The van der Waals surface area contributed by atoms with Crippen molar-refractivity contribution in [1.82, 2.24) is 9.80 Å². The molecule has 1 fully saturated rings. The van der Waals surface area contributed by atoms with Crippen molar-refractivity contribution in [3.05, 3.63) is 46.5 Å². The summed E-state index contributed by atoms with van der Waals surface area (Å²) in [5.41, 5.74) is 1.50. The van der Waals surface area contributed by atoms with Crippen LogP contribution >= 0.6 is 15.9 Å². The summed E-state index contributed by atoms with van der Waals surface area (Å²) in [6, 6.07) is 10.3. The smallest absolute Gasteiger partial charge is 0.0313 e. The minimum absolute atomic E-state index is 0.663. The number of rotatable bonds is 2. The number of fused-ring (bicyclic) bond motifs is 1. The van der Waals surface area contributed by atoms with E-state index in [2.05, 4.69) is 76.1 Å². The first-order chi connectivity index (χ1) is 9.70. The molecule has 2 aliphatic heterocycles. The maximum absolute atomic E-state index is 3.54. The maximum Gasteiger partial charge on any atom is 0.0313 e. The molecule has 3 rings (SSSR count). The van der Waals surface area contributed by atoms with E-state index in [4.69, 9.17) is 0 Å². The summed E-state index contributed by atoms with van der Waals surface area (Å²) in [5, 5.41) is 0. The summed E-state index contributed by atoms with van der Waals surface area (Å²) < 4.78 is 1.17. The molecule has 2 aliphatic rings. The molecule has 0 aliphatic carbocycles. The van der Waals surface area contributed by atoms with Crippen molar-refractivity contribution in [2.24, 2.45) is 0 Å². The maximum atomic E-state index is 3.54. The normalized spacial score (nSPS) is 32.9. The molecule has 3 heteroatoms. The van der Waals surface area contributed by atoms with Crippen LogP contribution in [-0.2, 0) is 0 Å². The second-order valence-corrected chi connectivity index (χ2v) is 6.93. The molecule has 0 N–H and O–H groups in total. The number of halogens is 1. The van der Waals surface area contributed by atoms with Crippen molar-refractivity contribution in [3.63, 3.8) is 0 Å². The molecule has 0 aromatic heterocycles. The van der Waals surface area contributed by atoms with Gasteiger partial charge in [-0.25, -0.2) is 0 Å². The van der Waals surface area contributed by atoms with E-state index in [1.807, 2.05) is 0 Å². The molecule has 0 spiro atoms. The second kappa shape index (κ2) is 6.00. The average Bonchev–Trinajstić information content (AvgIpc) is 2.42. The van der Waals surface area contributed by atoms with Gasteiger partial charge in [-0.15, -0.1) is 0 Å². The highest BCUT2D eigenvalue weighted by atomic mass is 79.9. The fourth-order valence-corrected chi connectivity index (χ4v) is 4.03. The molecule has 3 atom stereocenters. The SMILES string of the molecule is CC[C@@H]1[C@H](c2ccc(Br)cc2)[C@@H]2CN(C)C/C=C\CN12. The third kappa shape index (κ3) is 2.59. The van der Waals surface area contributed by atoms with Crippen molar-refractivity contribution < 1.29 is 0 Å². The molecule has 0 amide bonds. The van der Waals surface area contributed by atoms with E-state index in [1.165, 1.54) is 23.0 Å². The first-order valence-corrected chi connectivity index (χ1v) is 8.34. The molecule has 108 valence electrons. The lowest BCUT2D eigenvalue weighted by molar-refractivity contribution is -0.0225. The van der Waals surface area contributed by atoms with Gasteiger partial charge in [-0.2, -0.15) is 0 Å². The molecule has 0 bridgehead atoms. The summed E-state index contributed by atoms with van der Waals surface area (Å²) in [4.78, 5) is 5.12. The molecule has 0 saturated carbocycles. The van der Waals surface area contributed by atoms with Crippen LogP contribution in [0.15, 0.2) is 40.9 Å². The van der Waals surface area contributed by atoms with Crippen LogP contribution in [0.1, 0.15) is 24.8 Å². The molecule has 2 nitrogen and oxygen atoms in total. The Labute approximate surface area is 130 Å². The molecular formula is C17H23BrN2. The third-order valence-corrected chi connectivity index (χ3v) is 5.28. The molecule has 1 saturated heterocycles. The van der Waals surface area contributed by atoms with Gasteiger partial charge in [0.25, 0.3) is 0 Å². The zero-order valence-corrected chi connectivity index (χ0v) is 13.9. The second-order valence-electron chi connectivity index (χ2n) is 6.01. The Bertz CT molecular complexity index is 482. The predicted molar refractivity (Wildman–Crippen MR) is 88.1 cm³/mol. The fourth-order valence-electron chi connectivity index (χ4n) is 3.77. The Morgan fingerprint density at radius 3 is 2.55 bits per heavy atom. The molecule has 20 heavy (non-hydrogen) atoms. The van der Waals surface area contributed by atoms with Gasteiger partial charge in [-0.05, 0) is 31.2 Å². The van der Waals surface area contributed by atoms with Crippen LogP contribution in [0, 0.1) is 0 Å². The van der Waals surface area contributed by atoms with E-state index in [1.54, 1.807) is 0 Å². The van der Waals surface area contributed by atoms with Crippen LogP contribution in [0.3, 0.4) is 0 Å². The van der Waals surface area contributed by atoms with E-state index >= 15 is 0 Å². The van der Waals surface area contributed by atoms with Crippen LogP contribution in [0.25, 0.3) is 0 Å². The highest BCUT2D eigenvalue weighted by molar-refractivity contribution is 9.10. The summed E-state index contributed by atoms with van der Waals surface area (Å²) in [7, 11) is 2.23. The molecular weight excluding hydrogens is 312 g/mol. The average molecular weight is 335 g/mol. The summed E-state index contributed by atoms with van der Waals surface area (Å²) >= 11 is 3.54. The van der Waals surface area contributed by atoms with E-state index in [0.717, 1.165) is 13.1 Å². The minimum Gasteiger partial charge on any atom is -0.301 e. The summed E-state index contributed by atoms with van der Waals surface area (Å²) in [6.45, 7) is 5.68. The lowest BCUT2D eigenvalue weighted by Crippen LogP contribution is -2.65. The number of likely N-dealkylation sites (N-methyl/N-ethyl adjacent to an activating group) is 1. The highest BCUT2D eigenvalue weighted by Crippen LogP contribution is 2.43. The van der Waals surface area contributed by atoms with Gasteiger partial charge in [0.15, 0.2) is 0 Å². The zero-order chi connectivity index (χ0) is 14.1. The van der Waals surface area contributed by atoms with E-state index in [-0.39, 0.29) is 0 Å². The number of hydrogen-bond acceptors (Lipinski definition) is 2. The zero-order valence-electron chi connectivity index (χ0n) is 12.3. The molecule has 0 unspecified atom stereocenters. The van der Waals surface area contributed by atoms with Gasteiger partial charge in [-0.3, -0.25) is 4.90 Å². The van der Waals surface area contributed by atoms with Gasteiger partial charge in [0.05, 0.1) is 0 Å². The van der Waals surface area contributed by atoms with E-state index in [9.17, 15) is 0 Å². The molecule has 1 aromatic carbocycles. The molecule has 1 aromatic rings. The van der Waals surface area contributed by atoms with Crippen molar-refractivity contribution in [3.8, 4) is 0 Å². The fraction of sp³-hybridized carbons (Fsp3) is 0.529. The Kier molecular flexibility index (Phi) is 4.29. The lowest BCUT2D eigenvalue weighted by Gasteiger charge is -2.57. The highest BCUT2D eigenvalue weighted by Gasteiger charge is 2.47. The largest absolute Gasteiger partial charge is 0.301 e. The van der Waals surface area contributed by atoms with E-state index in [0.29, 0.717) is 18.0 Å². The van der Waals surface area contributed by atoms with Crippen molar-refractivity contribution in [2.45, 2.75) is 31.3 Å². The van der Waals surface area contributed by atoms with E-state index < -0.39 is 0 Å². The summed E-state index contributed by atoms with van der Waals surface area (Å²) in [6.07, 6.45) is 5.87. The Balaban J connectivity index is 1.86. The van der Waals surface area contributed by atoms with Crippen LogP contribution in [0.2, 0.25) is 0 Å². The van der Waals surface area contributed by atoms with Crippen molar-refractivity contribution in [2.75, 3.05) is 26.7 Å². The number of nitrogens with zero attached hydrogens (tertiary/aromatic N) is 2. The van der Waals surface area contributed by atoms with Gasteiger partial charge in [0, 0.05) is 42.1 Å². The minimum atomic E-state index is 0.663. The number of benzene rings is 1. The van der Waals surface area contributed by atoms with Crippen molar-refractivity contribution >= 4 is 15.9 Å². The Morgan fingerprint density at radius 2 is 1.85 bits per heavy atom. The van der Waals surface area contributed by atoms with Gasteiger partial charge in [0.1, 0.15) is 0 Å².